The molecule has 0 unspecified atom stereocenters. The normalized spacial score (nSPS) is 11.0. The third-order valence-electron chi connectivity index (χ3n) is 2.24. The zero-order valence-corrected chi connectivity index (χ0v) is 10.9. The molecule has 1 aromatic carbocycles. The van der Waals surface area contributed by atoms with Crippen LogP contribution in [0.1, 0.15) is 12.8 Å². The van der Waals surface area contributed by atoms with Crippen LogP contribution in [-0.4, -0.2) is 25.0 Å². The van der Waals surface area contributed by atoms with Crippen LogP contribution in [0.15, 0.2) is 30.3 Å². The first kappa shape index (κ1) is 16.4. The van der Waals surface area contributed by atoms with Gasteiger partial charge in [0.05, 0.1) is 7.11 Å². The lowest BCUT2D eigenvalue weighted by Crippen LogP contribution is -2.32. The summed E-state index contributed by atoms with van der Waals surface area (Å²) in [6.45, 7) is 0. The maximum atomic E-state index is 11.5. The number of halogens is 1. The zero-order valence-electron chi connectivity index (χ0n) is 10.1. The third kappa shape index (κ3) is 5.65. The molecule has 3 N–H and O–H groups in total. The second-order valence-electron chi connectivity index (χ2n) is 3.58. The molecule has 5 nitrogen and oxygen atoms in total. The Hall–Kier alpha value is -1.59. The summed E-state index contributed by atoms with van der Waals surface area (Å²) in [4.78, 5) is 22.5. The van der Waals surface area contributed by atoms with Crippen molar-refractivity contribution < 1.29 is 14.3 Å². The molecule has 0 aliphatic rings. The Morgan fingerprint density at radius 2 is 1.94 bits per heavy atom. The minimum absolute atomic E-state index is 0. The van der Waals surface area contributed by atoms with Gasteiger partial charge in [0.2, 0.25) is 5.91 Å². The lowest BCUT2D eigenvalue weighted by atomic mass is 10.1. The summed E-state index contributed by atoms with van der Waals surface area (Å²) in [6, 6.07) is 8.35. The number of carbonyl (C=O) groups is 2. The van der Waals surface area contributed by atoms with Crippen LogP contribution in [0.5, 0.6) is 0 Å². The van der Waals surface area contributed by atoms with Crippen molar-refractivity contribution in [3.8, 4) is 0 Å². The fourth-order valence-corrected chi connectivity index (χ4v) is 1.30. The second kappa shape index (κ2) is 8.49. The van der Waals surface area contributed by atoms with Gasteiger partial charge in [-0.1, -0.05) is 18.2 Å². The van der Waals surface area contributed by atoms with Crippen molar-refractivity contribution in [3.05, 3.63) is 30.3 Å². The molecule has 1 aromatic rings. The number of anilines is 1. The van der Waals surface area contributed by atoms with Crippen molar-refractivity contribution in [3.63, 3.8) is 0 Å². The van der Waals surface area contributed by atoms with Gasteiger partial charge in [-0.25, -0.2) is 0 Å². The topological polar surface area (TPSA) is 81.4 Å². The van der Waals surface area contributed by atoms with Gasteiger partial charge in [0.1, 0.15) is 6.04 Å². The second-order valence-corrected chi connectivity index (χ2v) is 3.58. The van der Waals surface area contributed by atoms with Gasteiger partial charge in [0, 0.05) is 12.1 Å². The number of rotatable bonds is 5. The Balaban J connectivity index is 0.00000289. The highest BCUT2D eigenvalue weighted by Gasteiger charge is 2.15. The lowest BCUT2D eigenvalue weighted by Gasteiger charge is -2.09. The quantitative estimate of drug-likeness (QED) is 0.792. The first-order valence-electron chi connectivity index (χ1n) is 5.32. The predicted octanol–water partition coefficient (Wildman–Crippen LogP) is 1.33. The molecule has 1 atom stereocenters. The molecule has 0 heterocycles. The maximum absolute atomic E-state index is 11.5. The van der Waals surface area contributed by atoms with E-state index in [-0.39, 0.29) is 31.2 Å². The Morgan fingerprint density at radius 3 is 2.50 bits per heavy atom. The van der Waals surface area contributed by atoms with Gasteiger partial charge in [-0.2, -0.15) is 0 Å². The Bertz CT molecular complexity index is 384. The highest BCUT2D eigenvalue weighted by molar-refractivity contribution is 5.91. The highest BCUT2D eigenvalue weighted by Crippen LogP contribution is 2.06. The molecule has 0 spiro atoms. The molecule has 0 saturated carbocycles. The summed E-state index contributed by atoms with van der Waals surface area (Å²) in [5.41, 5.74) is 6.24. The molecular formula is C12H17ClN2O3. The van der Waals surface area contributed by atoms with Crippen molar-refractivity contribution in [1.29, 1.82) is 0 Å². The van der Waals surface area contributed by atoms with Gasteiger partial charge in [0.25, 0.3) is 0 Å². The number of methoxy groups -OCH3 is 1. The van der Waals surface area contributed by atoms with Gasteiger partial charge in [-0.15, -0.1) is 12.4 Å². The number of nitrogens with one attached hydrogen (secondary N) is 1. The van der Waals surface area contributed by atoms with E-state index >= 15 is 0 Å². The highest BCUT2D eigenvalue weighted by atomic mass is 35.5. The summed E-state index contributed by atoms with van der Waals surface area (Å²) in [5.74, 6) is -0.673. The van der Waals surface area contributed by atoms with Gasteiger partial charge < -0.3 is 15.8 Å². The van der Waals surface area contributed by atoms with E-state index in [0.717, 1.165) is 5.69 Å². The van der Waals surface area contributed by atoms with Gasteiger partial charge in [-0.3, -0.25) is 9.59 Å². The van der Waals surface area contributed by atoms with E-state index in [0.29, 0.717) is 0 Å². The number of benzene rings is 1. The van der Waals surface area contributed by atoms with Gasteiger partial charge >= 0.3 is 5.97 Å². The SMILES string of the molecule is COC(=O)[C@@H](N)CCC(=O)Nc1ccccc1.Cl. The minimum atomic E-state index is -0.749. The minimum Gasteiger partial charge on any atom is -0.468 e. The smallest absolute Gasteiger partial charge is 0.322 e. The van der Waals surface area contributed by atoms with Crippen LogP contribution in [0.2, 0.25) is 0 Å². The van der Waals surface area contributed by atoms with Crippen LogP contribution in [-0.2, 0) is 14.3 Å². The Labute approximate surface area is 112 Å². The molecule has 100 valence electrons. The fourth-order valence-electron chi connectivity index (χ4n) is 1.30. The molecule has 0 aromatic heterocycles. The Kier molecular flexibility index (Phi) is 7.74. The number of hydrogen-bond acceptors (Lipinski definition) is 4. The summed E-state index contributed by atoms with van der Waals surface area (Å²) in [7, 11) is 1.27. The van der Waals surface area contributed by atoms with Crippen molar-refractivity contribution >= 4 is 30.0 Å². The van der Waals surface area contributed by atoms with Crippen LogP contribution >= 0.6 is 12.4 Å². The molecule has 0 aliphatic heterocycles. The summed E-state index contributed by atoms with van der Waals surface area (Å²) in [6.07, 6.45) is 0.455. The lowest BCUT2D eigenvalue weighted by molar-refractivity contribution is -0.142. The first-order valence-corrected chi connectivity index (χ1v) is 5.32. The van der Waals surface area contributed by atoms with Crippen molar-refractivity contribution in [1.82, 2.24) is 0 Å². The number of ether oxygens (including phenoxy) is 1. The fraction of sp³-hybridized carbons (Fsp3) is 0.333. The predicted molar refractivity (Wildman–Crippen MR) is 71.5 cm³/mol. The molecule has 0 bridgehead atoms. The monoisotopic (exact) mass is 272 g/mol. The molecule has 0 saturated heterocycles. The van der Waals surface area contributed by atoms with E-state index in [1.807, 2.05) is 18.2 Å². The third-order valence-corrected chi connectivity index (χ3v) is 2.24. The van der Waals surface area contributed by atoms with Crippen LogP contribution in [0.25, 0.3) is 0 Å². The van der Waals surface area contributed by atoms with Gasteiger partial charge in [0.15, 0.2) is 0 Å². The van der Waals surface area contributed by atoms with E-state index in [1.165, 1.54) is 7.11 Å². The molecule has 6 heteroatoms. The number of esters is 1. The molecule has 0 fully saturated rings. The van der Waals surface area contributed by atoms with Crippen LogP contribution < -0.4 is 11.1 Å². The Morgan fingerprint density at radius 1 is 1.33 bits per heavy atom. The number of hydrogen-bond donors (Lipinski definition) is 2. The average Bonchev–Trinajstić information content (AvgIpc) is 2.36. The number of nitrogens with two attached hydrogens (primary N) is 1. The van der Waals surface area contributed by atoms with E-state index in [4.69, 9.17) is 5.73 Å². The summed E-state index contributed by atoms with van der Waals surface area (Å²) < 4.78 is 4.47. The molecule has 0 aliphatic carbocycles. The maximum Gasteiger partial charge on any atom is 0.322 e. The van der Waals surface area contributed by atoms with Crippen molar-refractivity contribution in [2.24, 2.45) is 5.73 Å². The summed E-state index contributed by atoms with van der Waals surface area (Å²) >= 11 is 0. The number of carbonyl (C=O) groups excluding carboxylic acids is 2. The first-order chi connectivity index (χ1) is 8.13. The van der Waals surface area contributed by atoms with Crippen molar-refractivity contribution in [2.75, 3.05) is 12.4 Å². The molecule has 1 amide bonds. The van der Waals surface area contributed by atoms with E-state index < -0.39 is 12.0 Å². The van der Waals surface area contributed by atoms with E-state index in [2.05, 4.69) is 10.1 Å². The van der Waals surface area contributed by atoms with Crippen LogP contribution in [0.4, 0.5) is 5.69 Å². The van der Waals surface area contributed by atoms with Gasteiger partial charge in [-0.05, 0) is 18.6 Å². The van der Waals surface area contributed by atoms with Crippen molar-refractivity contribution in [2.45, 2.75) is 18.9 Å². The molecular weight excluding hydrogens is 256 g/mol. The summed E-state index contributed by atoms with van der Waals surface area (Å²) in [5, 5.41) is 2.71. The molecule has 1 rings (SSSR count). The zero-order chi connectivity index (χ0) is 12.7. The van der Waals surface area contributed by atoms with E-state index in [9.17, 15) is 9.59 Å². The number of para-hydroxylation sites is 1. The van der Waals surface area contributed by atoms with Crippen LogP contribution in [0.3, 0.4) is 0 Å². The van der Waals surface area contributed by atoms with Crippen LogP contribution in [0, 0.1) is 0 Å². The number of amides is 1. The molecule has 18 heavy (non-hydrogen) atoms. The average molecular weight is 273 g/mol. The standard InChI is InChI=1S/C12H16N2O3.ClH/c1-17-12(16)10(13)7-8-11(15)14-9-5-3-2-4-6-9;/h2-6,10H,7-8,13H2,1H3,(H,14,15);1H/t10-;/m0./s1. The largest absolute Gasteiger partial charge is 0.468 e. The molecule has 0 radical (unpaired) electrons. The van der Waals surface area contributed by atoms with E-state index in [1.54, 1.807) is 12.1 Å².